The van der Waals surface area contributed by atoms with Crippen molar-refractivity contribution in [3.05, 3.63) is 75.8 Å². The van der Waals surface area contributed by atoms with E-state index in [0.717, 1.165) is 27.4 Å². The number of nitriles is 1. The summed E-state index contributed by atoms with van der Waals surface area (Å²) < 4.78 is 0. The van der Waals surface area contributed by atoms with Crippen molar-refractivity contribution in [1.29, 1.82) is 5.26 Å². The number of carbonyl (C=O) groups is 1. The van der Waals surface area contributed by atoms with Crippen LogP contribution < -0.4 is 4.90 Å². The average Bonchev–Trinajstić information content (AvgIpc) is 2.75. The molecule has 0 aromatic heterocycles. The van der Waals surface area contributed by atoms with Gasteiger partial charge in [-0.05, 0) is 36.6 Å². The van der Waals surface area contributed by atoms with Gasteiger partial charge in [0.05, 0.1) is 29.2 Å². The molecule has 0 unspecified atom stereocenters. The fourth-order valence-electron chi connectivity index (χ4n) is 3.81. The fourth-order valence-corrected chi connectivity index (χ4v) is 4.98. The molecule has 0 saturated carbocycles. The first-order chi connectivity index (χ1) is 14.1. The second kappa shape index (κ2) is 8.32. The maximum Gasteiger partial charge on any atom is 0.229 e. The minimum Gasteiger partial charge on any atom is -0.396 e. The van der Waals surface area contributed by atoms with Gasteiger partial charge in [-0.25, -0.2) is 0 Å². The number of fused-ring (bicyclic) bond motifs is 1. The van der Waals surface area contributed by atoms with E-state index in [9.17, 15) is 10.1 Å². The van der Waals surface area contributed by atoms with Crippen molar-refractivity contribution in [3.63, 3.8) is 0 Å². The van der Waals surface area contributed by atoms with Gasteiger partial charge in [-0.15, -0.1) is 0 Å². The van der Waals surface area contributed by atoms with Crippen LogP contribution in [0.2, 0.25) is 0 Å². The number of carbonyl (C=O) groups excluding carboxylic acids is 1. The van der Waals surface area contributed by atoms with Crippen LogP contribution in [0.1, 0.15) is 29.0 Å². The van der Waals surface area contributed by atoms with E-state index in [2.05, 4.69) is 11.0 Å². The first kappa shape index (κ1) is 19.6. The van der Waals surface area contributed by atoms with Crippen molar-refractivity contribution < 1.29 is 9.90 Å². The van der Waals surface area contributed by atoms with Crippen LogP contribution in [0, 0.1) is 18.3 Å². The molecule has 2 aromatic carbocycles. The zero-order chi connectivity index (χ0) is 20.4. The topological polar surface area (TPSA) is 67.6 Å². The van der Waals surface area contributed by atoms with Crippen molar-refractivity contribution in [2.24, 2.45) is 0 Å². The lowest BCUT2D eigenvalue weighted by atomic mass is 9.86. The fraction of sp³-hybridized carbons (Fsp3) is 0.304. The number of rotatable bonds is 4. The van der Waals surface area contributed by atoms with E-state index < -0.39 is 0 Å². The lowest BCUT2D eigenvalue weighted by Gasteiger charge is -2.42. The molecule has 1 N–H and O–H groups in total. The highest BCUT2D eigenvalue weighted by Crippen LogP contribution is 2.43. The van der Waals surface area contributed by atoms with Gasteiger partial charge in [0.2, 0.25) is 5.91 Å². The van der Waals surface area contributed by atoms with Gasteiger partial charge in [0.25, 0.3) is 0 Å². The highest BCUT2D eigenvalue weighted by Gasteiger charge is 2.38. The Labute approximate surface area is 175 Å². The number of thioether (sulfide) groups is 1. The first-order valence-electron chi connectivity index (χ1n) is 9.69. The number of aliphatic hydroxyl groups excluding tert-OH is 1. The maximum absolute atomic E-state index is 13.0. The molecular weight excluding hydrogens is 382 g/mol. The molecule has 148 valence electrons. The third-order valence-corrected chi connectivity index (χ3v) is 6.63. The van der Waals surface area contributed by atoms with Gasteiger partial charge in [0.15, 0.2) is 0 Å². The molecule has 0 radical (unpaired) electrons. The SMILES string of the molecule is Cc1ccc([C@H]2CC(=O)N3CN(c4ccc(CCO)cc4)CSC3=C2C#N)cc1. The van der Waals surface area contributed by atoms with Crippen LogP contribution in [0.15, 0.2) is 59.1 Å². The van der Waals surface area contributed by atoms with Gasteiger partial charge in [0.1, 0.15) is 0 Å². The summed E-state index contributed by atoms with van der Waals surface area (Å²) in [6.07, 6.45) is 0.956. The Morgan fingerprint density at radius 1 is 1.17 bits per heavy atom. The summed E-state index contributed by atoms with van der Waals surface area (Å²) in [6.45, 7) is 2.61. The van der Waals surface area contributed by atoms with Gasteiger partial charge in [0, 0.05) is 24.6 Å². The molecule has 0 aliphatic carbocycles. The molecule has 5 nitrogen and oxygen atoms in total. The largest absolute Gasteiger partial charge is 0.396 e. The van der Waals surface area contributed by atoms with Crippen LogP contribution in [0.3, 0.4) is 0 Å². The van der Waals surface area contributed by atoms with Crippen LogP contribution in [0.4, 0.5) is 5.69 Å². The van der Waals surface area contributed by atoms with Crippen LogP contribution in [-0.2, 0) is 11.2 Å². The molecule has 0 spiro atoms. The second-order valence-corrected chi connectivity index (χ2v) is 8.35. The predicted octanol–water partition coefficient (Wildman–Crippen LogP) is 3.75. The number of aliphatic hydroxyl groups is 1. The summed E-state index contributed by atoms with van der Waals surface area (Å²) in [7, 11) is 0. The minimum atomic E-state index is -0.170. The Morgan fingerprint density at radius 2 is 1.90 bits per heavy atom. The van der Waals surface area contributed by atoms with Crippen molar-refractivity contribution in [2.45, 2.75) is 25.7 Å². The zero-order valence-electron chi connectivity index (χ0n) is 16.3. The van der Waals surface area contributed by atoms with Crippen LogP contribution in [0.25, 0.3) is 0 Å². The Balaban J connectivity index is 1.59. The highest BCUT2D eigenvalue weighted by molar-refractivity contribution is 8.03. The summed E-state index contributed by atoms with van der Waals surface area (Å²) in [6, 6.07) is 18.6. The van der Waals surface area contributed by atoms with Gasteiger partial charge in [-0.2, -0.15) is 5.26 Å². The Kier molecular flexibility index (Phi) is 5.61. The van der Waals surface area contributed by atoms with Crippen LogP contribution >= 0.6 is 11.8 Å². The number of aryl methyl sites for hydroxylation is 1. The third kappa shape index (κ3) is 3.89. The van der Waals surface area contributed by atoms with Crippen LogP contribution in [-0.4, -0.2) is 35.1 Å². The third-order valence-electron chi connectivity index (χ3n) is 5.48. The normalized spacial score (nSPS) is 19.2. The van der Waals surface area contributed by atoms with E-state index >= 15 is 0 Å². The molecule has 1 atom stereocenters. The van der Waals surface area contributed by atoms with Gasteiger partial charge < -0.3 is 10.0 Å². The minimum absolute atomic E-state index is 0.0543. The van der Waals surface area contributed by atoms with Gasteiger partial charge in [-0.3, -0.25) is 9.69 Å². The second-order valence-electron chi connectivity index (χ2n) is 7.41. The predicted molar refractivity (Wildman–Crippen MR) is 115 cm³/mol. The molecule has 2 heterocycles. The van der Waals surface area contributed by atoms with E-state index in [4.69, 9.17) is 5.11 Å². The molecule has 2 aromatic rings. The van der Waals surface area contributed by atoms with Crippen molar-refractivity contribution in [2.75, 3.05) is 24.1 Å². The Morgan fingerprint density at radius 3 is 2.55 bits per heavy atom. The number of nitrogens with zero attached hydrogens (tertiary/aromatic N) is 3. The Bertz CT molecular complexity index is 977. The molecule has 2 aliphatic heterocycles. The molecule has 29 heavy (non-hydrogen) atoms. The van der Waals surface area contributed by atoms with E-state index in [-0.39, 0.29) is 18.4 Å². The highest BCUT2D eigenvalue weighted by atomic mass is 32.2. The molecule has 0 bridgehead atoms. The zero-order valence-corrected chi connectivity index (χ0v) is 17.2. The van der Waals surface area contributed by atoms with Crippen molar-refractivity contribution in [3.8, 4) is 6.07 Å². The molecule has 1 fully saturated rings. The van der Waals surface area contributed by atoms with Gasteiger partial charge in [-0.1, -0.05) is 53.7 Å². The molecule has 2 aliphatic rings. The summed E-state index contributed by atoms with van der Waals surface area (Å²) in [5.74, 6) is 0.569. The number of amides is 1. The average molecular weight is 406 g/mol. The quantitative estimate of drug-likeness (QED) is 0.839. The number of hydrogen-bond donors (Lipinski definition) is 1. The Hall–Kier alpha value is -2.75. The summed E-state index contributed by atoms with van der Waals surface area (Å²) in [5.41, 5.74) is 5.00. The lowest BCUT2D eigenvalue weighted by molar-refractivity contribution is -0.129. The van der Waals surface area contributed by atoms with E-state index in [0.29, 0.717) is 31.0 Å². The smallest absolute Gasteiger partial charge is 0.229 e. The van der Waals surface area contributed by atoms with Crippen molar-refractivity contribution in [1.82, 2.24) is 4.90 Å². The monoisotopic (exact) mass is 405 g/mol. The molecule has 1 amide bonds. The number of allylic oxidation sites excluding steroid dienone is 1. The summed E-state index contributed by atoms with van der Waals surface area (Å²) in [4.78, 5) is 16.9. The number of benzene rings is 2. The number of anilines is 1. The van der Waals surface area contributed by atoms with E-state index in [1.807, 2.05) is 55.5 Å². The molecule has 1 saturated heterocycles. The first-order valence-corrected chi connectivity index (χ1v) is 10.7. The van der Waals surface area contributed by atoms with Crippen LogP contribution in [0.5, 0.6) is 0 Å². The summed E-state index contributed by atoms with van der Waals surface area (Å²) in [5, 5.41) is 19.7. The lowest BCUT2D eigenvalue weighted by Crippen LogP contribution is -2.47. The number of hydrogen-bond acceptors (Lipinski definition) is 5. The molecule has 6 heteroatoms. The van der Waals surface area contributed by atoms with E-state index in [1.54, 1.807) is 16.7 Å². The van der Waals surface area contributed by atoms with Crippen molar-refractivity contribution >= 4 is 23.4 Å². The standard InChI is InChI=1S/C23H23N3O2S/c1-16-2-6-18(7-3-16)20-12-22(28)26-14-25(15-29-23(26)21(20)13-24)19-8-4-17(5-9-19)10-11-27/h2-9,20,27H,10-12,14-15H2,1H3/t20-/m1/s1. The van der Waals surface area contributed by atoms with E-state index in [1.165, 1.54) is 0 Å². The molecule has 4 rings (SSSR count). The van der Waals surface area contributed by atoms with Gasteiger partial charge >= 0.3 is 0 Å². The maximum atomic E-state index is 13.0. The molecular formula is C23H23N3O2S. The summed E-state index contributed by atoms with van der Waals surface area (Å²) >= 11 is 1.55.